The lowest BCUT2D eigenvalue weighted by atomic mass is 10.1. The van der Waals surface area contributed by atoms with E-state index in [0.717, 1.165) is 29.2 Å². The molecular formula is C22H24N4O. The summed E-state index contributed by atoms with van der Waals surface area (Å²) in [5.74, 6) is -0.221. The Morgan fingerprint density at radius 3 is 2.07 bits per heavy atom. The lowest BCUT2D eigenvalue weighted by Crippen LogP contribution is -2.13. The summed E-state index contributed by atoms with van der Waals surface area (Å²) >= 11 is 0. The average Bonchev–Trinajstić information content (AvgIpc) is 2.69. The van der Waals surface area contributed by atoms with Crippen LogP contribution >= 0.6 is 0 Å². The molecule has 138 valence electrons. The summed E-state index contributed by atoms with van der Waals surface area (Å²) < 4.78 is 0. The summed E-state index contributed by atoms with van der Waals surface area (Å²) in [4.78, 5) is 18.7. The molecule has 27 heavy (non-hydrogen) atoms. The van der Waals surface area contributed by atoms with Crippen molar-refractivity contribution in [3.8, 4) is 0 Å². The number of hydrogen-bond donors (Lipinski definition) is 2. The van der Waals surface area contributed by atoms with Gasteiger partial charge in [0.15, 0.2) is 0 Å². The third kappa shape index (κ3) is 4.85. The van der Waals surface area contributed by atoms with Gasteiger partial charge in [0, 0.05) is 31.2 Å². The van der Waals surface area contributed by atoms with Crippen molar-refractivity contribution in [3.05, 3.63) is 78.1 Å². The van der Waals surface area contributed by atoms with Gasteiger partial charge in [-0.1, -0.05) is 19.1 Å². The zero-order valence-electron chi connectivity index (χ0n) is 15.9. The molecule has 0 spiro atoms. The molecule has 0 unspecified atom stereocenters. The van der Waals surface area contributed by atoms with Gasteiger partial charge in [-0.3, -0.25) is 4.79 Å². The second-order valence-electron chi connectivity index (χ2n) is 6.50. The summed E-state index contributed by atoms with van der Waals surface area (Å²) in [5.41, 5.74) is 5.31. The van der Waals surface area contributed by atoms with Crippen LogP contribution in [0, 0.1) is 0 Å². The Hall–Kier alpha value is -3.34. The topological polar surface area (TPSA) is 57.3 Å². The Morgan fingerprint density at radius 1 is 0.889 bits per heavy atom. The molecule has 0 radical (unpaired) electrons. The molecule has 2 aromatic carbocycles. The van der Waals surface area contributed by atoms with Crippen molar-refractivity contribution < 1.29 is 4.79 Å². The largest absolute Gasteiger partial charge is 0.378 e. The van der Waals surface area contributed by atoms with Crippen molar-refractivity contribution >= 4 is 28.7 Å². The van der Waals surface area contributed by atoms with Crippen LogP contribution in [0.1, 0.15) is 23.0 Å². The van der Waals surface area contributed by atoms with Gasteiger partial charge in [-0.25, -0.2) is 4.98 Å². The lowest BCUT2D eigenvalue weighted by Gasteiger charge is -2.13. The molecular weight excluding hydrogens is 336 g/mol. The van der Waals surface area contributed by atoms with Gasteiger partial charge in [0.05, 0.1) is 11.9 Å². The summed E-state index contributed by atoms with van der Waals surface area (Å²) in [6, 6.07) is 19.5. The first-order valence-electron chi connectivity index (χ1n) is 8.96. The molecule has 0 atom stereocenters. The van der Waals surface area contributed by atoms with Gasteiger partial charge in [-0.05, 0) is 60.5 Å². The van der Waals surface area contributed by atoms with E-state index < -0.39 is 0 Å². The van der Waals surface area contributed by atoms with Crippen LogP contribution < -0.4 is 15.5 Å². The Balaban J connectivity index is 1.62. The maximum Gasteiger partial charge on any atom is 0.274 e. The molecule has 1 heterocycles. The molecule has 0 fully saturated rings. The predicted molar refractivity (Wildman–Crippen MR) is 112 cm³/mol. The normalized spacial score (nSPS) is 10.3. The van der Waals surface area contributed by atoms with Crippen LogP contribution in [0.15, 0.2) is 66.9 Å². The number of benzene rings is 2. The summed E-state index contributed by atoms with van der Waals surface area (Å²) in [5, 5.41) is 6.15. The third-order valence-electron chi connectivity index (χ3n) is 4.29. The highest BCUT2D eigenvalue weighted by atomic mass is 16.1. The first kappa shape index (κ1) is 18.5. The molecule has 0 saturated heterocycles. The standard InChI is InChI=1S/C22H24N4O/c1-4-16-5-7-18(8-6-16)25-22(27)21-14-11-19(15-23-21)24-17-9-12-20(13-10-17)26(2)3/h5-15,24H,4H2,1-3H3,(H,25,27). The minimum Gasteiger partial charge on any atom is -0.378 e. The van der Waals surface area contributed by atoms with Crippen molar-refractivity contribution in [1.82, 2.24) is 4.98 Å². The van der Waals surface area contributed by atoms with E-state index in [1.807, 2.05) is 68.7 Å². The maximum absolute atomic E-state index is 12.3. The molecule has 0 aliphatic rings. The fourth-order valence-electron chi connectivity index (χ4n) is 2.63. The number of hydrogen-bond acceptors (Lipinski definition) is 4. The lowest BCUT2D eigenvalue weighted by molar-refractivity contribution is 0.102. The molecule has 3 rings (SSSR count). The van der Waals surface area contributed by atoms with Gasteiger partial charge in [0.25, 0.3) is 5.91 Å². The van der Waals surface area contributed by atoms with E-state index in [1.54, 1.807) is 12.3 Å². The Morgan fingerprint density at radius 2 is 1.52 bits per heavy atom. The first-order chi connectivity index (χ1) is 13.0. The number of amides is 1. The quantitative estimate of drug-likeness (QED) is 0.669. The maximum atomic E-state index is 12.3. The minimum absolute atomic E-state index is 0.221. The molecule has 0 saturated carbocycles. The highest BCUT2D eigenvalue weighted by molar-refractivity contribution is 6.02. The number of carbonyl (C=O) groups is 1. The van der Waals surface area contributed by atoms with Crippen LogP contribution in [0.2, 0.25) is 0 Å². The Bertz CT molecular complexity index is 885. The zero-order valence-corrected chi connectivity index (χ0v) is 15.9. The molecule has 1 aromatic heterocycles. The fraction of sp³-hybridized carbons (Fsp3) is 0.182. The predicted octanol–water partition coefficient (Wildman–Crippen LogP) is 4.71. The second kappa shape index (κ2) is 8.36. The van der Waals surface area contributed by atoms with Crippen molar-refractivity contribution in [2.75, 3.05) is 29.6 Å². The number of nitrogens with zero attached hydrogens (tertiary/aromatic N) is 2. The van der Waals surface area contributed by atoms with Crippen LogP contribution in [0.3, 0.4) is 0 Å². The zero-order chi connectivity index (χ0) is 19.2. The van der Waals surface area contributed by atoms with Gasteiger partial charge in [-0.2, -0.15) is 0 Å². The van der Waals surface area contributed by atoms with Gasteiger partial charge in [-0.15, -0.1) is 0 Å². The molecule has 0 aliphatic carbocycles. The number of aromatic nitrogens is 1. The fourth-order valence-corrected chi connectivity index (χ4v) is 2.63. The van der Waals surface area contributed by atoms with E-state index in [-0.39, 0.29) is 5.91 Å². The minimum atomic E-state index is -0.221. The molecule has 0 aliphatic heterocycles. The number of aryl methyl sites for hydroxylation is 1. The van der Waals surface area contributed by atoms with E-state index in [2.05, 4.69) is 27.4 Å². The monoisotopic (exact) mass is 360 g/mol. The van der Waals surface area contributed by atoms with Crippen LogP contribution in [0.4, 0.5) is 22.7 Å². The highest BCUT2D eigenvalue weighted by Gasteiger charge is 2.08. The van der Waals surface area contributed by atoms with E-state index in [1.165, 1.54) is 5.56 Å². The van der Waals surface area contributed by atoms with E-state index in [4.69, 9.17) is 0 Å². The number of carbonyl (C=O) groups excluding carboxylic acids is 1. The SMILES string of the molecule is CCc1ccc(NC(=O)c2ccc(Nc3ccc(N(C)C)cc3)cn2)cc1. The molecule has 3 aromatic rings. The number of rotatable bonds is 6. The Kier molecular flexibility index (Phi) is 5.71. The van der Waals surface area contributed by atoms with Crippen molar-refractivity contribution in [2.24, 2.45) is 0 Å². The number of nitrogens with one attached hydrogen (secondary N) is 2. The molecule has 5 nitrogen and oxygen atoms in total. The van der Waals surface area contributed by atoms with Crippen LogP contribution in [-0.4, -0.2) is 25.0 Å². The molecule has 2 N–H and O–H groups in total. The van der Waals surface area contributed by atoms with Crippen LogP contribution in [0.25, 0.3) is 0 Å². The number of pyridine rings is 1. The summed E-state index contributed by atoms with van der Waals surface area (Å²) in [6.07, 6.45) is 2.64. The van der Waals surface area contributed by atoms with Crippen LogP contribution in [-0.2, 0) is 6.42 Å². The van der Waals surface area contributed by atoms with Crippen molar-refractivity contribution in [1.29, 1.82) is 0 Å². The van der Waals surface area contributed by atoms with E-state index in [9.17, 15) is 4.79 Å². The highest BCUT2D eigenvalue weighted by Crippen LogP contribution is 2.20. The number of anilines is 4. The summed E-state index contributed by atoms with van der Waals surface area (Å²) in [6.45, 7) is 2.10. The van der Waals surface area contributed by atoms with Crippen molar-refractivity contribution in [2.45, 2.75) is 13.3 Å². The average molecular weight is 360 g/mol. The van der Waals surface area contributed by atoms with Crippen LogP contribution in [0.5, 0.6) is 0 Å². The van der Waals surface area contributed by atoms with Crippen molar-refractivity contribution in [3.63, 3.8) is 0 Å². The Labute approximate surface area is 160 Å². The first-order valence-corrected chi connectivity index (χ1v) is 8.96. The molecule has 1 amide bonds. The molecule has 5 heteroatoms. The van der Waals surface area contributed by atoms with E-state index in [0.29, 0.717) is 5.69 Å². The summed E-state index contributed by atoms with van der Waals surface area (Å²) in [7, 11) is 4.02. The smallest absolute Gasteiger partial charge is 0.274 e. The second-order valence-corrected chi connectivity index (χ2v) is 6.50. The van der Waals surface area contributed by atoms with Gasteiger partial charge in [0.1, 0.15) is 5.69 Å². The van der Waals surface area contributed by atoms with Gasteiger partial charge >= 0.3 is 0 Å². The van der Waals surface area contributed by atoms with E-state index >= 15 is 0 Å². The third-order valence-corrected chi connectivity index (χ3v) is 4.29. The van der Waals surface area contributed by atoms with Gasteiger partial charge < -0.3 is 15.5 Å². The molecule has 0 bridgehead atoms. The van der Waals surface area contributed by atoms with Gasteiger partial charge in [0.2, 0.25) is 0 Å².